The summed E-state index contributed by atoms with van der Waals surface area (Å²) in [7, 11) is 0. The van der Waals surface area contributed by atoms with Crippen LogP contribution >= 0.6 is 0 Å². The van der Waals surface area contributed by atoms with E-state index in [4.69, 9.17) is 4.74 Å². The Balaban J connectivity index is 2.41. The van der Waals surface area contributed by atoms with Gasteiger partial charge in [-0.15, -0.1) is 13.2 Å². The zero-order valence-corrected chi connectivity index (χ0v) is 16.8. The van der Waals surface area contributed by atoms with Gasteiger partial charge in [0.2, 0.25) is 0 Å². The highest BCUT2D eigenvalue weighted by Crippen LogP contribution is 2.34. The lowest BCUT2D eigenvalue weighted by molar-refractivity contribution is -0.274. The van der Waals surface area contributed by atoms with E-state index in [9.17, 15) is 27.9 Å². The van der Waals surface area contributed by atoms with Crippen molar-refractivity contribution in [2.24, 2.45) is 0 Å². The number of rotatable bonds is 7. The minimum Gasteiger partial charge on any atom is -0.478 e. The van der Waals surface area contributed by atoms with Crippen molar-refractivity contribution in [2.75, 3.05) is 0 Å². The van der Waals surface area contributed by atoms with E-state index in [2.05, 4.69) is 4.74 Å². The molecule has 2 aromatic carbocycles. The molecule has 1 N–H and O–H groups in total. The van der Waals surface area contributed by atoms with Crippen LogP contribution in [0.1, 0.15) is 42.0 Å². The maximum Gasteiger partial charge on any atom is 0.573 e. The van der Waals surface area contributed by atoms with Crippen molar-refractivity contribution in [3.63, 3.8) is 0 Å². The summed E-state index contributed by atoms with van der Waals surface area (Å²) in [6, 6.07) is 8.67. The monoisotopic (exact) mass is 422 g/mol. The van der Waals surface area contributed by atoms with Crippen LogP contribution < -0.4 is 9.47 Å². The highest BCUT2D eigenvalue weighted by atomic mass is 19.4. The second kappa shape index (κ2) is 8.63. The fourth-order valence-corrected chi connectivity index (χ4v) is 2.95. The molecule has 0 aliphatic carbocycles. The summed E-state index contributed by atoms with van der Waals surface area (Å²) in [4.78, 5) is 22.4. The number of hydrogen-bond acceptors (Lipinski definition) is 4. The van der Waals surface area contributed by atoms with Gasteiger partial charge in [-0.05, 0) is 62.1 Å². The molecule has 1 unspecified atom stereocenters. The van der Waals surface area contributed by atoms with Gasteiger partial charge in [-0.25, -0.2) is 9.59 Å². The van der Waals surface area contributed by atoms with Crippen LogP contribution in [0, 0.1) is 13.8 Å². The summed E-state index contributed by atoms with van der Waals surface area (Å²) in [5, 5.41) is 9.29. The number of alkyl halides is 3. The van der Waals surface area contributed by atoms with Gasteiger partial charge >= 0.3 is 12.3 Å². The zero-order chi connectivity index (χ0) is 22.7. The number of carboxylic acids is 1. The van der Waals surface area contributed by atoms with Gasteiger partial charge < -0.3 is 14.6 Å². The van der Waals surface area contributed by atoms with Gasteiger partial charge in [0.15, 0.2) is 5.60 Å². The quantitative estimate of drug-likeness (QED) is 0.639. The van der Waals surface area contributed by atoms with E-state index >= 15 is 0 Å². The van der Waals surface area contributed by atoms with Crippen LogP contribution in [-0.4, -0.2) is 29.0 Å². The molecule has 0 amide bonds. The Labute approximate surface area is 171 Å². The van der Waals surface area contributed by atoms with Crippen molar-refractivity contribution in [3.8, 4) is 11.5 Å². The Morgan fingerprint density at radius 2 is 1.57 bits per heavy atom. The minimum atomic E-state index is -4.79. The third-order valence-corrected chi connectivity index (χ3v) is 4.42. The third kappa shape index (κ3) is 5.64. The lowest BCUT2D eigenvalue weighted by atomic mass is 9.89. The van der Waals surface area contributed by atoms with Crippen LogP contribution in [0.3, 0.4) is 0 Å². The van der Waals surface area contributed by atoms with E-state index in [0.29, 0.717) is 28.0 Å². The Hall–Kier alpha value is -3.25. The normalized spacial score (nSPS) is 12.6. The molecule has 0 spiro atoms. The molecule has 2 aromatic rings. The maximum absolute atomic E-state index is 12.4. The first-order chi connectivity index (χ1) is 13.8. The molecule has 0 saturated heterocycles. The summed E-state index contributed by atoms with van der Waals surface area (Å²) in [6.45, 7) is 6.35. The molecule has 160 valence electrons. The van der Waals surface area contributed by atoms with E-state index in [1.54, 1.807) is 31.9 Å². The first-order valence-electron chi connectivity index (χ1n) is 8.94. The number of benzene rings is 2. The topological polar surface area (TPSA) is 72.8 Å². The summed E-state index contributed by atoms with van der Waals surface area (Å²) >= 11 is 0. The van der Waals surface area contributed by atoms with Crippen LogP contribution in [0.2, 0.25) is 0 Å². The Morgan fingerprint density at radius 3 is 2.00 bits per heavy atom. The summed E-state index contributed by atoms with van der Waals surface area (Å²) < 4.78 is 46.6. The lowest BCUT2D eigenvalue weighted by Gasteiger charge is -2.25. The average Bonchev–Trinajstić information content (AvgIpc) is 2.62. The molecule has 0 aromatic heterocycles. The molecule has 1 atom stereocenters. The largest absolute Gasteiger partial charge is 0.573 e. The highest BCUT2D eigenvalue weighted by molar-refractivity contribution is 5.77. The molecule has 2 rings (SSSR count). The van der Waals surface area contributed by atoms with Crippen LogP contribution in [-0.2, 0) is 9.59 Å². The third-order valence-electron chi connectivity index (χ3n) is 4.42. The maximum atomic E-state index is 12.4. The number of ether oxygens (including phenoxy) is 2. The molecule has 0 aliphatic heterocycles. The molecule has 30 heavy (non-hydrogen) atoms. The first kappa shape index (κ1) is 23.0. The van der Waals surface area contributed by atoms with Crippen LogP contribution in [0.25, 0.3) is 0 Å². The molecule has 0 fully saturated rings. The zero-order valence-electron chi connectivity index (χ0n) is 16.8. The van der Waals surface area contributed by atoms with Gasteiger partial charge in [0.25, 0.3) is 0 Å². The molecule has 0 heterocycles. The van der Waals surface area contributed by atoms with E-state index in [-0.39, 0.29) is 5.75 Å². The minimum absolute atomic E-state index is 0.368. The number of hydrogen-bond donors (Lipinski definition) is 1. The number of halogens is 3. The molecule has 0 saturated carbocycles. The second-order valence-electron chi connectivity index (χ2n) is 7.28. The number of aliphatic carboxylic acids is 1. The fraction of sp³-hybridized carbons (Fsp3) is 0.318. The first-order valence-corrected chi connectivity index (χ1v) is 8.94. The van der Waals surface area contributed by atoms with E-state index in [1.165, 1.54) is 44.2 Å². The fourth-order valence-electron chi connectivity index (χ4n) is 2.95. The van der Waals surface area contributed by atoms with Crippen molar-refractivity contribution in [2.45, 2.75) is 45.6 Å². The van der Waals surface area contributed by atoms with E-state index in [0.717, 1.165) is 0 Å². The van der Waals surface area contributed by atoms with E-state index in [1.807, 2.05) is 0 Å². The number of carbonyl (C=O) groups excluding carboxylic acids is 1. The lowest BCUT2D eigenvalue weighted by Crippen LogP contribution is -2.38. The standard InChI is InChI=1S/C22H21F3O5/c1-13-11-16(12-14(2)19(13)30-21(3,4)20(27)28)18(9-10-26)15-5-7-17(8-6-15)29-22(23,24)25/h5-9,11-12,18H,1-4H3,(H,27,28). The molecular weight excluding hydrogens is 401 g/mol. The molecule has 8 heteroatoms. The predicted octanol–water partition coefficient (Wildman–Crippen LogP) is 4.96. The number of aryl methyl sites for hydroxylation is 2. The van der Waals surface area contributed by atoms with Gasteiger partial charge in [0, 0.05) is 12.0 Å². The Morgan fingerprint density at radius 1 is 1.03 bits per heavy atom. The highest BCUT2D eigenvalue weighted by Gasteiger charge is 2.32. The van der Waals surface area contributed by atoms with Crippen molar-refractivity contribution >= 4 is 11.9 Å². The summed E-state index contributed by atoms with van der Waals surface area (Å²) in [6.07, 6.45) is -3.53. The van der Waals surface area contributed by atoms with Crippen LogP contribution in [0.5, 0.6) is 11.5 Å². The van der Waals surface area contributed by atoms with Gasteiger partial charge in [0.1, 0.15) is 17.4 Å². The Kier molecular flexibility index (Phi) is 6.63. The van der Waals surface area contributed by atoms with Gasteiger partial charge in [-0.1, -0.05) is 24.3 Å². The van der Waals surface area contributed by atoms with Crippen LogP contribution in [0.15, 0.2) is 42.5 Å². The number of carboxylic acid groups (broad SMARTS) is 1. The van der Waals surface area contributed by atoms with Crippen molar-refractivity contribution in [1.82, 2.24) is 0 Å². The summed E-state index contributed by atoms with van der Waals surface area (Å²) in [5.74, 6) is 0.0862. The average molecular weight is 422 g/mol. The van der Waals surface area contributed by atoms with Crippen molar-refractivity contribution in [1.29, 1.82) is 0 Å². The SMILES string of the molecule is Cc1cc(C(C=C=O)c2ccc(OC(F)(F)F)cc2)cc(C)c1OC(C)(C)C(=O)O. The van der Waals surface area contributed by atoms with Crippen LogP contribution in [0.4, 0.5) is 13.2 Å². The Bertz CT molecular complexity index is 948. The smallest absolute Gasteiger partial charge is 0.478 e. The molecule has 0 aliphatic rings. The molecule has 0 radical (unpaired) electrons. The van der Waals surface area contributed by atoms with Gasteiger partial charge in [-0.2, -0.15) is 0 Å². The number of carbonyl (C=O) groups is 1. The second-order valence-corrected chi connectivity index (χ2v) is 7.28. The molecule has 0 bridgehead atoms. The molecule has 5 nitrogen and oxygen atoms in total. The number of allylic oxidation sites excluding steroid dienone is 1. The van der Waals surface area contributed by atoms with E-state index < -0.39 is 23.9 Å². The molecular formula is C22H21F3O5. The predicted molar refractivity (Wildman–Crippen MR) is 103 cm³/mol. The summed E-state index contributed by atoms with van der Waals surface area (Å²) in [5.41, 5.74) is 1.11. The van der Waals surface area contributed by atoms with Gasteiger partial charge in [0.05, 0.1) is 0 Å². The van der Waals surface area contributed by atoms with Gasteiger partial charge in [-0.3, -0.25) is 0 Å². The van der Waals surface area contributed by atoms with Crippen molar-refractivity contribution < 1.29 is 37.3 Å². The van der Waals surface area contributed by atoms with Crippen molar-refractivity contribution in [3.05, 3.63) is 64.7 Å².